The van der Waals surface area contributed by atoms with E-state index < -0.39 is 5.97 Å². The van der Waals surface area contributed by atoms with Gasteiger partial charge in [0.05, 0.1) is 5.56 Å². The highest BCUT2D eigenvalue weighted by atomic mass is 16.4. The lowest BCUT2D eigenvalue weighted by atomic mass is 9.98. The van der Waals surface area contributed by atoms with E-state index in [2.05, 4.69) is 29.6 Å². The van der Waals surface area contributed by atoms with Gasteiger partial charge in [0.15, 0.2) is 0 Å². The van der Waals surface area contributed by atoms with Gasteiger partial charge in [-0.1, -0.05) is 48.5 Å². The van der Waals surface area contributed by atoms with Gasteiger partial charge in [0.2, 0.25) is 5.91 Å². The second kappa shape index (κ2) is 8.65. The molecule has 0 aromatic heterocycles. The normalized spacial score (nSPS) is 19.2. The fraction of sp³-hybridized carbons (Fsp3) is 0.364. The summed E-state index contributed by atoms with van der Waals surface area (Å²) in [7, 11) is 0. The maximum atomic E-state index is 12.3. The highest BCUT2D eigenvalue weighted by Crippen LogP contribution is 2.28. The number of carboxylic acids is 1. The van der Waals surface area contributed by atoms with Crippen LogP contribution in [0.4, 0.5) is 0 Å². The molecule has 0 radical (unpaired) electrons. The molecule has 1 aliphatic carbocycles. The molecule has 136 valence electrons. The summed E-state index contributed by atoms with van der Waals surface area (Å²) >= 11 is 0. The van der Waals surface area contributed by atoms with Crippen molar-refractivity contribution in [3.05, 3.63) is 71.3 Å². The van der Waals surface area contributed by atoms with Crippen LogP contribution in [0.5, 0.6) is 0 Å². The van der Waals surface area contributed by atoms with E-state index in [0.29, 0.717) is 24.3 Å². The molecule has 0 aliphatic heterocycles. The van der Waals surface area contributed by atoms with Crippen molar-refractivity contribution in [1.29, 1.82) is 0 Å². The number of carbonyl (C=O) groups is 2. The molecule has 1 fully saturated rings. The zero-order chi connectivity index (χ0) is 18.4. The van der Waals surface area contributed by atoms with Crippen LogP contribution < -0.4 is 5.32 Å². The molecule has 26 heavy (non-hydrogen) atoms. The zero-order valence-electron chi connectivity index (χ0n) is 14.9. The van der Waals surface area contributed by atoms with Crippen LogP contribution in [-0.4, -0.2) is 23.0 Å². The molecule has 1 amide bonds. The third-order valence-corrected chi connectivity index (χ3v) is 5.14. The lowest BCUT2D eigenvalue weighted by molar-refractivity contribution is -0.121. The number of carboxylic acid groups (broad SMARTS) is 1. The van der Waals surface area contributed by atoms with Gasteiger partial charge in [-0.2, -0.15) is 0 Å². The lowest BCUT2D eigenvalue weighted by Gasteiger charge is -2.14. The van der Waals surface area contributed by atoms with Crippen LogP contribution in [0.25, 0.3) is 0 Å². The fourth-order valence-corrected chi connectivity index (χ4v) is 3.83. The average molecular weight is 351 g/mol. The van der Waals surface area contributed by atoms with E-state index in [1.807, 2.05) is 12.1 Å². The van der Waals surface area contributed by atoms with Crippen LogP contribution in [0.2, 0.25) is 0 Å². The van der Waals surface area contributed by atoms with Crippen LogP contribution in [0, 0.1) is 5.92 Å². The monoisotopic (exact) mass is 351 g/mol. The minimum Gasteiger partial charge on any atom is -0.478 e. The molecular weight excluding hydrogens is 326 g/mol. The quantitative estimate of drug-likeness (QED) is 0.796. The summed E-state index contributed by atoms with van der Waals surface area (Å²) in [6.07, 6.45) is 5.03. The summed E-state index contributed by atoms with van der Waals surface area (Å²) < 4.78 is 0. The Morgan fingerprint density at radius 3 is 2.50 bits per heavy atom. The first kappa shape index (κ1) is 18.2. The lowest BCUT2D eigenvalue weighted by Crippen LogP contribution is -2.33. The minimum absolute atomic E-state index is 0.00977. The van der Waals surface area contributed by atoms with Crippen molar-refractivity contribution in [1.82, 2.24) is 5.32 Å². The maximum absolute atomic E-state index is 12.3. The molecule has 1 aliphatic rings. The van der Waals surface area contributed by atoms with Gasteiger partial charge in [-0.25, -0.2) is 4.79 Å². The Kier molecular flexibility index (Phi) is 6.05. The molecule has 2 aromatic carbocycles. The van der Waals surface area contributed by atoms with Gasteiger partial charge >= 0.3 is 5.97 Å². The van der Waals surface area contributed by atoms with Gasteiger partial charge in [-0.15, -0.1) is 0 Å². The minimum atomic E-state index is -0.944. The number of nitrogens with one attached hydrogen (secondary N) is 1. The van der Waals surface area contributed by atoms with Crippen molar-refractivity contribution >= 4 is 11.9 Å². The van der Waals surface area contributed by atoms with Crippen molar-refractivity contribution in [3.8, 4) is 0 Å². The number of hydrogen-bond donors (Lipinski definition) is 2. The Bertz CT molecular complexity index is 757. The van der Waals surface area contributed by atoms with Crippen molar-refractivity contribution in [2.45, 2.75) is 44.6 Å². The summed E-state index contributed by atoms with van der Waals surface area (Å²) in [5.74, 6) is -0.313. The number of rotatable bonds is 7. The van der Waals surface area contributed by atoms with Crippen molar-refractivity contribution in [3.63, 3.8) is 0 Å². The van der Waals surface area contributed by atoms with Gasteiger partial charge in [0, 0.05) is 12.5 Å². The van der Waals surface area contributed by atoms with Crippen LogP contribution >= 0.6 is 0 Å². The van der Waals surface area contributed by atoms with Crippen LogP contribution in [0.15, 0.2) is 54.6 Å². The SMILES string of the molecule is O=C(CCc1ccccc1C(=O)O)NC1CCC(Cc2ccccc2)C1. The smallest absolute Gasteiger partial charge is 0.335 e. The van der Waals surface area contributed by atoms with Crippen molar-refractivity contribution < 1.29 is 14.7 Å². The largest absolute Gasteiger partial charge is 0.478 e. The van der Waals surface area contributed by atoms with Crippen LogP contribution in [0.1, 0.15) is 47.2 Å². The predicted molar refractivity (Wildman–Crippen MR) is 101 cm³/mol. The standard InChI is InChI=1S/C22H25NO3/c24-21(13-11-18-8-4-5-9-20(18)22(25)26)23-19-12-10-17(15-19)14-16-6-2-1-3-7-16/h1-9,17,19H,10-15H2,(H,23,24)(H,25,26). The summed E-state index contributed by atoms with van der Waals surface area (Å²) in [4.78, 5) is 23.5. The Hall–Kier alpha value is -2.62. The number of benzene rings is 2. The van der Waals surface area contributed by atoms with Gasteiger partial charge < -0.3 is 10.4 Å². The predicted octanol–water partition coefficient (Wildman–Crippen LogP) is 3.85. The first-order valence-electron chi connectivity index (χ1n) is 9.26. The van der Waals surface area contributed by atoms with Crippen LogP contribution in [-0.2, 0) is 17.6 Å². The van der Waals surface area contributed by atoms with Crippen LogP contribution in [0.3, 0.4) is 0 Å². The van der Waals surface area contributed by atoms with E-state index in [9.17, 15) is 14.7 Å². The van der Waals surface area contributed by atoms with Gasteiger partial charge in [-0.3, -0.25) is 4.79 Å². The Balaban J connectivity index is 1.45. The van der Waals surface area contributed by atoms with Crippen molar-refractivity contribution in [2.24, 2.45) is 5.92 Å². The highest BCUT2D eigenvalue weighted by Gasteiger charge is 2.25. The first-order valence-corrected chi connectivity index (χ1v) is 9.26. The molecule has 0 spiro atoms. The molecule has 3 rings (SSSR count). The van der Waals surface area contributed by atoms with Gasteiger partial charge in [0.25, 0.3) is 0 Å². The Labute approximate surface area is 154 Å². The first-order chi connectivity index (χ1) is 12.6. The fourth-order valence-electron chi connectivity index (χ4n) is 3.83. The molecule has 0 saturated heterocycles. The third kappa shape index (κ3) is 4.94. The Morgan fingerprint density at radius 1 is 1.00 bits per heavy atom. The molecule has 2 unspecified atom stereocenters. The molecule has 0 bridgehead atoms. The molecule has 2 atom stereocenters. The number of carbonyl (C=O) groups excluding carboxylic acids is 1. The number of aromatic carboxylic acids is 1. The summed E-state index contributed by atoms with van der Waals surface area (Å²) in [5.41, 5.74) is 2.35. The van der Waals surface area contributed by atoms with E-state index in [-0.39, 0.29) is 17.5 Å². The molecule has 4 heteroatoms. The molecule has 2 aromatic rings. The number of amides is 1. The number of hydrogen-bond acceptors (Lipinski definition) is 2. The van der Waals surface area contributed by atoms with Gasteiger partial charge in [-0.05, 0) is 55.2 Å². The zero-order valence-corrected chi connectivity index (χ0v) is 14.9. The summed E-state index contributed by atoms with van der Waals surface area (Å²) in [6, 6.07) is 17.6. The maximum Gasteiger partial charge on any atom is 0.335 e. The van der Waals surface area contributed by atoms with E-state index in [1.165, 1.54) is 5.56 Å². The molecular formula is C22H25NO3. The van der Waals surface area contributed by atoms with E-state index in [4.69, 9.17) is 0 Å². The van der Waals surface area contributed by atoms with E-state index >= 15 is 0 Å². The molecule has 1 saturated carbocycles. The Morgan fingerprint density at radius 2 is 1.73 bits per heavy atom. The van der Waals surface area contributed by atoms with Gasteiger partial charge in [0.1, 0.15) is 0 Å². The highest BCUT2D eigenvalue weighted by molar-refractivity contribution is 5.89. The molecule has 2 N–H and O–H groups in total. The second-order valence-corrected chi connectivity index (χ2v) is 7.10. The van der Waals surface area contributed by atoms with E-state index in [1.54, 1.807) is 18.2 Å². The third-order valence-electron chi connectivity index (χ3n) is 5.14. The van der Waals surface area contributed by atoms with E-state index in [0.717, 1.165) is 25.7 Å². The topological polar surface area (TPSA) is 66.4 Å². The second-order valence-electron chi connectivity index (χ2n) is 7.10. The number of aryl methyl sites for hydroxylation is 1. The molecule has 4 nitrogen and oxygen atoms in total. The average Bonchev–Trinajstić information content (AvgIpc) is 3.07. The molecule has 0 heterocycles. The summed E-state index contributed by atoms with van der Waals surface area (Å²) in [6.45, 7) is 0. The van der Waals surface area contributed by atoms with Crippen molar-refractivity contribution in [2.75, 3.05) is 0 Å². The summed E-state index contributed by atoms with van der Waals surface area (Å²) in [5, 5.41) is 12.3.